The van der Waals surface area contributed by atoms with Crippen LogP contribution in [0.25, 0.3) is 0 Å². The maximum atomic E-state index is 4.55. The van der Waals surface area contributed by atoms with Crippen molar-refractivity contribution in [1.82, 2.24) is 19.8 Å². The lowest BCUT2D eigenvalue weighted by atomic mass is 10.0. The number of H-pyrrole nitrogens is 1. The predicted molar refractivity (Wildman–Crippen MR) is 74.7 cm³/mol. The van der Waals surface area contributed by atoms with Crippen LogP contribution in [0.1, 0.15) is 36.5 Å². The van der Waals surface area contributed by atoms with E-state index in [0.717, 1.165) is 24.6 Å². The Hall–Kier alpha value is -0.870. The fourth-order valence-corrected chi connectivity index (χ4v) is 2.75. The third kappa shape index (κ3) is 3.33. The Labute approximate surface area is 110 Å². The number of aryl methyl sites for hydroxylation is 2. The van der Waals surface area contributed by atoms with Crippen LogP contribution in [0.5, 0.6) is 0 Å². The molecule has 1 aromatic heterocycles. The lowest BCUT2D eigenvalue weighted by molar-refractivity contribution is 0.137. The average Bonchev–Trinajstić information content (AvgIpc) is 2.61. The Morgan fingerprint density at radius 3 is 2.78 bits per heavy atom. The van der Waals surface area contributed by atoms with E-state index in [1.807, 2.05) is 0 Å². The van der Waals surface area contributed by atoms with Crippen LogP contribution in [0.4, 0.5) is 0 Å². The Morgan fingerprint density at radius 2 is 2.17 bits per heavy atom. The molecular formula is C14H26N4. The number of hydrogen-bond acceptors (Lipinski definition) is 3. The molecule has 4 heteroatoms. The molecule has 1 saturated heterocycles. The van der Waals surface area contributed by atoms with E-state index in [9.17, 15) is 0 Å². The quantitative estimate of drug-likeness (QED) is 0.887. The highest BCUT2D eigenvalue weighted by Crippen LogP contribution is 2.16. The molecule has 102 valence electrons. The first-order chi connectivity index (χ1) is 8.56. The van der Waals surface area contributed by atoms with Gasteiger partial charge in [-0.05, 0) is 47.3 Å². The van der Waals surface area contributed by atoms with Crippen LogP contribution in [0, 0.1) is 13.8 Å². The molecule has 1 aromatic rings. The van der Waals surface area contributed by atoms with Crippen LogP contribution >= 0.6 is 0 Å². The van der Waals surface area contributed by atoms with Crippen molar-refractivity contribution in [3.63, 3.8) is 0 Å². The van der Waals surface area contributed by atoms with Gasteiger partial charge in [-0.15, -0.1) is 0 Å². The van der Waals surface area contributed by atoms with Crippen molar-refractivity contribution >= 4 is 0 Å². The summed E-state index contributed by atoms with van der Waals surface area (Å²) in [5.74, 6) is 1.09. The van der Waals surface area contributed by atoms with Gasteiger partial charge in [0, 0.05) is 18.3 Å². The van der Waals surface area contributed by atoms with Crippen molar-refractivity contribution < 1.29 is 0 Å². The second kappa shape index (κ2) is 5.85. The third-order valence-corrected chi connectivity index (χ3v) is 4.04. The molecule has 0 saturated carbocycles. The highest BCUT2D eigenvalue weighted by atomic mass is 15.2. The van der Waals surface area contributed by atoms with Gasteiger partial charge in [-0.25, -0.2) is 4.98 Å². The van der Waals surface area contributed by atoms with Gasteiger partial charge in [-0.2, -0.15) is 0 Å². The fraction of sp³-hybridized carbons (Fsp3) is 0.786. The Morgan fingerprint density at radius 1 is 1.39 bits per heavy atom. The zero-order valence-corrected chi connectivity index (χ0v) is 12.2. The van der Waals surface area contributed by atoms with Gasteiger partial charge in [0.25, 0.3) is 0 Å². The monoisotopic (exact) mass is 250 g/mol. The van der Waals surface area contributed by atoms with Crippen molar-refractivity contribution in [3.8, 4) is 0 Å². The number of piperidine rings is 1. The molecule has 0 radical (unpaired) electrons. The summed E-state index contributed by atoms with van der Waals surface area (Å²) in [7, 11) is 4.44. The van der Waals surface area contributed by atoms with Crippen molar-refractivity contribution in [1.29, 1.82) is 0 Å². The van der Waals surface area contributed by atoms with E-state index in [0.29, 0.717) is 6.04 Å². The number of likely N-dealkylation sites (tertiary alicyclic amines) is 1. The number of hydrogen-bond donors (Lipinski definition) is 1. The smallest absolute Gasteiger partial charge is 0.120 e. The third-order valence-electron chi connectivity index (χ3n) is 4.04. The molecule has 0 aliphatic carbocycles. The van der Waals surface area contributed by atoms with Gasteiger partial charge in [-0.1, -0.05) is 6.42 Å². The van der Waals surface area contributed by atoms with Gasteiger partial charge in [-0.3, -0.25) is 4.90 Å². The molecule has 1 aliphatic rings. The van der Waals surface area contributed by atoms with Crippen molar-refractivity contribution in [3.05, 3.63) is 17.2 Å². The van der Waals surface area contributed by atoms with Crippen LogP contribution in [0.2, 0.25) is 0 Å². The molecule has 0 bridgehead atoms. The van der Waals surface area contributed by atoms with E-state index in [-0.39, 0.29) is 0 Å². The van der Waals surface area contributed by atoms with Crippen molar-refractivity contribution in [2.75, 3.05) is 27.2 Å². The molecule has 18 heavy (non-hydrogen) atoms. The largest absolute Gasteiger partial charge is 0.345 e. The van der Waals surface area contributed by atoms with Crippen LogP contribution in [-0.4, -0.2) is 53.0 Å². The topological polar surface area (TPSA) is 35.2 Å². The Bertz CT molecular complexity index is 366. The summed E-state index contributed by atoms with van der Waals surface area (Å²) in [6.45, 7) is 7.44. The number of imidazole rings is 1. The molecule has 0 aromatic carbocycles. The molecule has 0 amide bonds. The van der Waals surface area contributed by atoms with E-state index in [1.54, 1.807) is 0 Å². The number of aromatic amines is 1. The fourth-order valence-electron chi connectivity index (χ4n) is 2.75. The van der Waals surface area contributed by atoms with Crippen LogP contribution in [-0.2, 0) is 6.54 Å². The summed E-state index contributed by atoms with van der Waals surface area (Å²) >= 11 is 0. The van der Waals surface area contributed by atoms with Crippen molar-refractivity contribution in [2.45, 2.75) is 45.7 Å². The lowest BCUT2D eigenvalue weighted by Crippen LogP contribution is -2.43. The number of likely N-dealkylation sites (N-methyl/N-ethyl adjacent to an activating group) is 2. The zero-order valence-electron chi connectivity index (χ0n) is 12.2. The summed E-state index contributed by atoms with van der Waals surface area (Å²) in [5, 5.41) is 0. The molecule has 4 nitrogen and oxygen atoms in total. The van der Waals surface area contributed by atoms with Gasteiger partial charge < -0.3 is 9.88 Å². The average molecular weight is 250 g/mol. The summed E-state index contributed by atoms with van der Waals surface area (Å²) < 4.78 is 0. The maximum absolute atomic E-state index is 4.55. The van der Waals surface area contributed by atoms with Gasteiger partial charge >= 0.3 is 0 Å². The van der Waals surface area contributed by atoms with E-state index in [2.05, 4.69) is 47.7 Å². The minimum Gasteiger partial charge on any atom is -0.345 e. The number of aromatic nitrogens is 2. The highest BCUT2D eigenvalue weighted by Gasteiger charge is 2.20. The first-order valence-electron chi connectivity index (χ1n) is 6.97. The lowest BCUT2D eigenvalue weighted by Gasteiger charge is -2.35. The molecule has 2 heterocycles. The van der Waals surface area contributed by atoms with Gasteiger partial charge in [0.1, 0.15) is 5.82 Å². The van der Waals surface area contributed by atoms with E-state index in [4.69, 9.17) is 0 Å². The van der Waals surface area contributed by atoms with E-state index < -0.39 is 0 Å². The van der Waals surface area contributed by atoms with E-state index >= 15 is 0 Å². The molecule has 1 fully saturated rings. The SMILES string of the molecule is Cc1nc(CN(C)CC2CCCCN2C)[nH]c1C. The zero-order chi connectivity index (χ0) is 13.1. The van der Waals surface area contributed by atoms with Crippen LogP contribution in [0.15, 0.2) is 0 Å². The maximum Gasteiger partial charge on any atom is 0.120 e. The Balaban J connectivity index is 1.86. The second-order valence-electron chi connectivity index (χ2n) is 5.72. The number of nitrogens with one attached hydrogen (secondary N) is 1. The molecule has 1 aliphatic heterocycles. The number of nitrogens with zero attached hydrogens (tertiary/aromatic N) is 3. The van der Waals surface area contributed by atoms with Gasteiger partial charge in [0.2, 0.25) is 0 Å². The normalized spacial score (nSPS) is 21.7. The standard InChI is InChI=1S/C14H26N4/c1-11-12(2)16-14(15-11)10-17(3)9-13-7-5-6-8-18(13)4/h13H,5-10H2,1-4H3,(H,15,16). The minimum atomic E-state index is 0.709. The first kappa shape index (κ1) is 13.6. The number of rotatable bonds is 4. The van der Waals surface area contributed by atoms with E-state index in [1.165, 1.54) is 31.5 Å². The van der Waals surface area contributed by atoms with Gasteiger partial charge in [0.15, 0.2) is 0 Å². The first-order valence-corrected chi connectivity index (χ1v) is 6.97. The summed E-state index contributed by atoms with van der Waals surface area (Å²) in [6, 6.07) is 0.709. The molecule has 2 rings (SSSR count). The molecular weight excluding hydrogens is 224 g/mol. The van der Waals surface area contributed by atoms with Crippen molar-refractivity contribution in [2.24, 2.45) is 0 Å². The summed E-state index contributed by atoms with van der Waals surface area (Å²) in [4.78, 5) is 12.8. The highest BCUT2D eigenvalue weighted by molar-refractivity contribution is 5.10. The predicted octanol–water partition coefficient (Wildman–Crippen LogP) is 1.94. The molecule has 0 spiro atoms. The van der Waals surface area contributed by atoms with Crippen LogP contribution in [0.3, 0.4) is 0 Å². The Kier molecular flexibility index (Phi) is 4.40. The minimum absolute atomic E-state index is 0.709. The van der Waals surface area contributed by atoms with Gasteiger partial charge in [0.05, 0.1) is 12.2 Å². The molecule has 1 N–H and O–H groups in total. The van der Waals surface area contributed by atoms with Crippen LogP contribution < -0.4 is 0 Å². The molecule has 1 unspecified atom stereocenters. The summed E-state index contributed by atoms with van der Waals surface area (Å²) in [6.07, 6.45) is 4.06. The second-order valence-corrected chi connectivity index (χ2v) is 5.72. The summed E-state index contributed by atoms with van der Waals surface area (Å²) in [5.41, 5.74) is 2.31. The molecule has 1 atom stereocenters.